The standard InChI is InChI=1S/C38H30N4O2.Ni/c1-3-8-25(9-4-1)37-32-15-12-27(39-32)24-28-13-16-33(40-28)38(26-10-5-2-6-11-26)35-20-18-31(42-35)29(30-17-19-34(37)41-30)14-21-36-43-22-7-23-44-36;/h1-6,8-13,15-20,24,36H,7,14,21-23H2;/q-2;+2. The van der Waals surface area contributed by atoms with Gasteiger partial charge in [0.25, 0.3) is 0 Å². The van der Waals surface area contributed by atoms with E-state index in [1.165, 1.54) is 0 Å². The summed E-state index contributed by atoms with van der Waals surface area (Å²) in [5.74, 6) is 0. The van der Waals surface area contributed by atoms with E-state index in [9.17, 15) is 0 Å². The fourth-order valence-electron chi connectivity index (χ4n) is 6.10. The number of nitrogens with zero attached hydrogens (tertiary/aromatic N) is 4. The van der Waals surface area contributed by atoms with E-state index in [0.29, 0.717) is 6.42 Å². The second kappa shape index (κ2) is 12.8. The molecule has 7 heteroatoms. The van der Waals surface area contributed by atoms with Crippen LogP contribution in [0, 0.1) is 0 Å². The molecule has 5 aromatic rings. The van der Waals surface area contributed by atoms with Gasteiger partial charge >= 0.3 is 16.5 Å². The molecule has 0 N–H and O–H groups in total. The zero-order valence-corrected chi connectivity index (χ0v) is 25.5. The average Bonchev–Trinajstić information content (AvgIpc) is 3.90. The van der Waals surface area contributed by atoms with E-state index in [0.717, 1.165) is 98.7 Å². The number of hydrogen-bond acceptors (Lipinski definition) is 4. The van der Waals surface area contributed by atoms with Crippen molar-refractivity contribution < 1.29 is 26.0 Å². The van der Waals surface area contributed by atoms with Gasteiger partial charge in [0.1, 0.15) is 0 Å². The van der Waals surface area contributed by atoms with Crippen LogP contribution in [-0.2, 0) is 32.4 Å². The van der Waals surface area contributed by atoms with Crippen molar-refractivity contribution in [2.45, 2.75) is 25.6 Å². The monoisotopic (exact) mass is 632 g/mol. The van der Waals surface area contributed by atoms with Gasteiger partial charge in [-0.2, -0.15) is 0 Å². The Hall–Kier alpha value is -4.55. The molecule has 0 aliphatic carbocycles. The first-order valence-electron chi connectivity index (χ1n) is 15.1. The minimum absolute atomic E-state index is 0. The van der Waals surface area contributed by atoms with Crippen LogP contribution in [-0.4, -0.2) is 29.5 Å². The molecule has 3 aliphatic rings. The van der Waals surface area contributed by atoms with E-state index in [2.05, 4.69) is 85.0 Å². The maximum absolute atomic E-state index is 5.91. The number of hydrogen-bond donors (Lipinski definition) is 0. The molecule has 1 saturated heterocycles. The zero-order valence-electron chi connectivity index (χ0n) is 24.5. The first-order valence-corrected chi connectivity index (χ1v) is 15.1. The van der Waals surface area contributed by atoms with Gasteiger partial charge < -0.3 is 19.4 Å². The second-order valence-corrected chi connectivity index (χ2v) is 11.1. The topological polar surface area (TPSA) is 72.4 Å². The normalized spacial score (nSPS) is 14.4. The Balaban J connectivity index is 0.00000325. The van der Waals surface area contributed by atoms with Gasteiger partial charge in [0.05, 0.1) is 36.0 Å². The van der Waals surface area contributed by atoms with Crippen LogP contribution < -0.4 is 9.97 Å². The van der Waals surface area contributed by atoms with Crippen molar-refractivity contribution in [3.8, 4) is 22.3 Å². The van der Waals surface area contributed by atoms with Crippen LogP contribution in [0.1, 0.15) is 41.2 Å². The molecule has 0 spiro atoms. The fourth-order valence-corrected chi connectivity index (χ4v) is 6.10. The van der Waals surface area contributed by atoms with Gasteiger partial charge in [0, 0.05) is 6.42 Å². The van der Waals surface area contributed by atoms with Crippen LogP contribution in [0.3, 0.4) is 0 Å². The van der Waals surface area contributed by atoms with Crippen molar-refractivity contribution in [1.29, 1.82) is 0 Å². The third-order valence-electron chi connectivity index (χ3n) is 8.19. The molecule has 224 valence electrons. The molecule has 0 amide bonds. The summed E-state index contributed by atoms with van der Waals surface area (Å²) in [4.78, 5) is 20.5. The van der Waals surface area contributed by atoms with Gasteiger partial charge in [-0.15, -0.1) is 22.1 Å². The maximum Gasteiger partial charge on any atom is 2.00 e. The number of aryl methyl sites for hydroxylation is 1. The van der Waals surface area contributed by atoms with Gasteiger partial charge in [0.2, 0.25) is 0 Å². The summed E-state index contributed by atoms with van der Waals surface area (Å²) in [7, 11) is 0. The average molecular weight is 633 g/mol. The fraction of sp³-hybridized carbons (Fsp3) is 0.158. The van der Waals surface area contributed by atoms with E-state index in [1.54, 1.807) is 0 Å². The number of aromatic nitrogens is 4. The van der Waals surface area contributed by atoms with Gasteiger partial charge in [-0.25, -0.2) is 9.97 Å². The SMILES string of the molecule is C1=Cc2nc1cc1ccc([n-]1)c(-c1ccccc1)c1nc(c(CCC3OCCCO3)c3ccc([n-]3)c2-c2ccccc2)C=C1.[Ni+2]. The predicted octanol–water partition coefficient (Wildman–Crippen LogP) is 7.94. The Labute approximate surface area is 271 Å². The first-order chi connectivity index (χ1) is 21.8. The molecule has 6 nitrogen and oxygen atoms in total. The van der Waals surface area contributed by atoms with E-state index in [-0.39, 0.29) is 22.8 Å². The Morgan fingerprint density at radius 2 is 1.22 bits per heavy atom. The largest absolute Gasteiger partial charge is 2.00 e. The quantitative estimate of drug-likeness (QED) is 0.179. The molecule has 8 rings (SSSR count). The molecule has 3 aromatic heterocycles. The number of benzene rings is 2. The van der Waals surface area contributed by atoms with Gasteiger partial charge in [-0.1, -0.05) is 91.0 Å². The summed E-state index contributed by atoms with van der Waals surface area (Å²) in [6.07, 6.45) is 10.4. The summed E-state index contributed by atoms with van der Waals surface area (Å²) in [6, 6.07) is 31.0. The number of fused-ring (bicyclic) bond motifs is 8. The molecular formula is C38H30N4NiO2. The molecule has 8 bridgehead atoms. The summed E-state index contributed by atoms with van der Waals surface area (Å²) >= 11 is 0. The van der Waals surface area contributed by atoms with Crippen molar-refractivity contribution in [2.75, 3.05) is 13.2 Å². The Bertz CT molecular complexity index is 2020. The Morgan fingerprint density at radius 1 is 0.622 bits per heavy atom. The van der Waals surface area contributed by atoms with Gasteiger partial charge in [-0.05, 0) is 65.0 Å². The van der Waals surface area contributed by atoms with Crippen LogP contribution in [0.25, 0.3) is 68.6 Å². The van der Waals surface area contributed by atoms with Crippen LogP contribution in [0.15, 0.2) is 91.0 Å². The number of rotatable bonds is 5. The van der Waals surface area contributed by atoms with Crippen molar-refractivity contribution in [1.82, 2.24) is 19.9 Å². The summed E-state index contributed by atoms with van der Waals surface area (Å²) in [5, 5.41) is 0. The maximum atomic E-state index is 5.91. The molecule has 1 fully saturated rings. The Kier molecular flexibility index (Phi) is 8.31. The molecule has 0 radical (unpaired) electrons. The van der Waals surface area contributed by atoms with Gasteiger partial charge in [-0.3, -0.25) is 0 Å². The van der Waals surface area contributed by atoms with Crippen LogP contribution >= 0.6 is 0 Å². The van der Waals surface area contributed by atoms with Crippen LogP contribution in [0.4, 0.5) is 0 Å². The third-order valence-corrected chi connectivity index (χ3v) is 8.19. The van der Waals surface area contributed by atoms with Crippen molar-refractivity contribution >= 4 is 46.4 Å². The molecular weight excluding hydrogens is 603 g/mol. The first kappa shape index (κ1) is 29.2. The van der Waals surface area contributed by atoms with Crippen molar-refractivity contribution in [2.24, 2.45) is 0 Å². The third kappa shape index (κ3) is 5.95. The van der Waals surface area contributed by atoms with Crippen molar-refractivity contribution in [3.05, 3.63) is 119 Å². The molecule has 0 saturated carbocycles. The van der Waals surface area contributed by atoms with E-state index < -0.39 is 0 Å². The van der Waals surface area contributed by atoms with E-state index in [4.69, 9.17) is 29.4 Å². The van der Waals surface area contributed by atoms with Crippen LogP contribution in [0.2, 0.25) is 0 Å². The molecule has 0 unspecified atom stereocenters. The minimum Gasteiger partial charge on any atom is -0.657 e. The van der Waals surface area contributed by atoms with Gasteiger partial charge in [0.15, 0.2) is 6.29 Å². The molecule has 45 heavy (non-hydrogen) atoms. The summed E-state index contributed by atoms with van der Waals surface area (Å²) in [6.45, 7) is 1.45. The Morgan fingerprint density at radius 3 is 1.96 bits per heavy atom. The summed E-state index contributed by atoms with van der Waals surface area (Å²) < 4.78 is 11.8. The molecule has 0 atom stereocenters. The minimum atomic E-state index is -0.228. The zero-order chi connectivity index (χ0) is 29.3. The van der Waals surface area contributed by atoms with E-state index >= 15 is 0 Å². The second-order valence-electron chi connectivity index (χ2n) is 11.1. The van der Waals surface area contributed by atoms with Crippen LogP contribution in [0.5, 0.6) is 0 Å². The number of ether oxygens (including phenoxy) is 2. The predicted molar refractivity (Wildman–Crippen MR) is 176 cm³/mol. The van der Waals surface area contributed by atoms with E-state index in [1.807, 2.05) is 30.3 Å². The molecule has 6 heterocycles. The summed E-state index contributed by atoms with van der Waals surface area (Å²) in [5.41, 5.74) is 12.2. The molecule has 2 aromatic carbocycles. The molecule has 3 aliphatic heterocycles. The van der Waals surface area contributed by atoms with Crippen molar-refractivity contribution in [3.63, 3.8) is 0 Å². The smallest absolute Gasteiger partial charge is 0.657 e.